The van der Waals surface area contributed by atoms with Crippen LogP contribution in [0.4, 0.5) is 0 Å². The molecule has 0 saturated carbocycles. The van der Waals surface area contributed by atoms with Crippen LogP contribution < -0.4 is 5.32 Å². The van der Waals surface area contributed by atoms with Crippen molar-refractivity contribution in [3.05, 3.63) is 44.7 Å². The summed E-state index contributed by atoms with van der Waals surface area (Å²) >= 11 is 18.7. The van der Waals surface area contributed by atoms with E-state index in [1.165, 1.54) is 0 Å². The Morgan fingerprint density at radius 1 is 1.23 bits per heavy atom. The maximum atomic E-state index is 12.7. The first kappa shape index (κ1) is 21.4. The van der Waals surface area contributed by atoms with Crippen molar-refractivity contribution >= 4 is 53.2 Å². The Balaban J connectivity index is 0.00000243. The maximum Gasteiger partial charge on any atom is 0.340 e. The number of carbonyl (C=O) groups excluding carboxylic acids is 1. The Kier molecular flexibility index (Phi) is 6.88. The van der Waals surface area contributed by atoms with Gasteiger partial charge in [0.05, 0.1) is 27.9 Å². The van der Waals surface area contributed by atoms with Crippen LogP contribution in [0.3, 0.4) is 0 Å². The Morgan fingerprint density at radius 3 is 2.31 bits per heavy atom. The van der Waals surface area contributed by atoms with Gasteiger partial charge in [0.2, 0.25) is 0 Å². The zero-order valence-electron chi connectivity index (χ0n) is 14.1. The van der Waals surface area contributed by atoms with Crippen LogP contribution in [0.1, 0.15) is 23.0 Å². The normalized spacial score (nSPS) is 15.1. The Morgan fingerprint density at radius 2 is 1.85 bits per heavy atom. The van der Waals surface area contributed by atoms with Gasteiger partial charge in [-0.2, -0.15) is 0 Å². The molecule has 0 bridgehead atoms. The average molecular weight is 440 g/mol. The number of nitrogens with one attached hydrogen (secondary N) is 2. The van der Waals surface area contributed by atoms with Crippen molar-refractivity contribution in [2.45, 2.75) is 12.5 Å². The van der Waals surface area contributed by atoms with Crippen LogP contribution in [-0.4, -0.2) is 37.8 Å². The number of ether oxygens (including phenoxy) is 2. The summed E-state index contributed by atoms with van der Waals surface area (Å²) in [5.74, 6) is -0.459. The van der Waals surface area contributed by atoms with E-state index in [1.54, 1.807) is 32.4 Å². The molecule has 26 heavy (non-hydrogen) atoms. The van der Waals surface area contributed by atoms with Crippen molar-refractivity contribution in [3.63, 3.8) is 0 Å². The number of hydrogen-bond acceptors (Lipinski definition) is 4. The first-order chi connectivity index (χ1) is 11.9. The minimum Gasteiger partial charge on any atom is -0.462 e. The fourth-order valence-electron chi connectivity index (χ4n) is 2.97. The molecule has 0 unspecified atom stereocenters. The lowest BCUT2D eigenvalue weighted by molar-refractivity contribution is -0.0602. The van der Waals surface area contributed by atoms with Gasteiger partial charge in [0.25, 0.3) is 0 Å². The van der Waals surface area contributed by atoms with E-state index in [-0.39, 0.29) is 19.0 Å². The summed E-state index contributed by atoms with van der Waals surface area (Å²) < 4.78 is 10.9. The second kappa shape index (κ2) is 8.38. The van der Waals surface area contributed by atoms with E-state index in [4.69, 9.17) is 44.3 Å². The fraction of sp³-hybridized carbons (Fsp3) is 0.353. The van der Waals surface area contributed by atoms with Crippen molar-refractivity contribution in [1.82, 2.24) is 10.3 Å². The number of benzene rings is 1. The van der Waals surface area contributed by atoms with Crippen molar-refractivity contribution in [1.29, 1.82) is 0 Å². The molecule has 5 nitrogen and oxygen atoms in total. The van der Waals surface area contributed by atoms with E-state index in [2.05, 4.69) is 10.3 Å². The lowest BCUT2D eigenvalue weighted by Gasteiger charge is -2.41. The van der Waals surface area contributed by atoms with Crippen LogP contribution in [0.15, 0.2) is 18.3 Å². The highest BCUT2D eigenvalue weighted by molar-refractivity contribution is 6.42. The molecule has 0 amide bonds. The maximum absolute atomic E-state index is 12.7. The molecule has 1 aromatic heterocycles. The Labute approximate surface area is 172 Å². The second-order valence-electron chi connectivity index (χ2n) is 5.72. The molecule has 0 spiro atoms. The predicted molar refractivity (Wildman–Crippen MR) is 106 cm³/mol. The quantitative estimate of drug-likeness (QED) is 0.663. The highest BCUT2D eigenvalue weighted by atomic mass is 35.5. The highest BCUT2D eigenvalue weighted by Gasteiger charge is 2.44. The van der Waals surface area contributed by atoms with Crippen molar-refractivity contribution in [2.24, 2.45) is 0 Å². The third kappa shape index (κ3) is 3.57. The number of hydrogen-bond donors (Lipinski definition) is 2. The third-order valence-electron chi connectivity index (χ3n) is 4.30. The molecule has 2 heterocycles. The van der Waals surface area contributed by atoms with E-state index in [1.807, 2.05) is 0 Å². The number of aromatic nitrogens is 1. The van der Waals surface area contributed by atoms with Gasteiger partial charge in [0, 0.05) is 42.5 Å². The van der Waals surface area contributed by atoms with Gasteiger partial charge in [-0.3, -0.25) is 0 Å². The first-order valence-corrected chi connectivity index (χ1v) is 8.86. The van der Waals surface area contributed by atoms with E-state index < -0.39 is 11.6 Å². The molecule has 1 aromatic carbocycles. The number of aromatic amines is 1. The van der Waals surface area contributed by atoms with Crippen LogP contribution in [-0.2, 0) is 15.1 Å². The largest absolute Gasteiger partial charge is 0.462 e. The summed E-state index contributed by atoms with van der Waals surface area (Å²) in [4.78, 5) is 15.8. The third-order valence-corrected chi connectivity index (χ3v) is 5.12. The molecular weight excluding hydrogens is 422 g/mol. The van der Waals surface area contributed by atoms with Gasteiger partial charge >= 0.3 is 5.97 Å². The number of H-pyrrole nitrogens is 1. The van der Waals surface area contributed by atoms with Gasteiger partial charge in [-0.05, 0) is 19.1 Å². The molecule has 2 N–H and O–H groups in total. The van der Waals surface area contributed by atoms with Gasteiger partial charge in [-0.15, -0.1) is 12.4 Å². The Bertz CT molecular complexity index is 790. The number of carbonyl (C=O) groups is 1. The van der Waals surface area contributed by atoms with Crippen LogP contribution >= 0.6 is 47.2 Å². The predicted octanol–water partition coefficient (Wildman–Crippen LogP) is 4.69. The average Bonchev–Trinajstić information content (AvgIpc) is 2.91. The zero-order valence-corrected chi connectivity index (χ0v) is 17.2. The fourth-order valence-corrected chi connectivity index (χ4v) is 3.99. The molecule has 0 aliphatic carbocycles. The number of esters is 1. The lowest BCUT2D eigenvalue weighted by atomic mass is 9.88. The van der Waals surface area contributed by atoms with Gasteiger partial charge in [0.1, 0.15) is 5.60 Å². The molecule has 1 fully saturated rings. The minimum absolute atomic E-state index is 0. The molecule has 1 aliphatic heterocycles. The summed E-state index contributed by atoms with van der Waals surface area (Å²) in [6, 6.07) is 3.17. The van der Waals surface area contributed by atoms with Crippen LogP contribution in [0.5, 0.6) is 0 Å². The molecule has 1 saturated heterocycles. The summed E-state index contributed by atoms with van der Waals surface area (Å²) in [6.45, 7) is 3.17. The van der Waals surface area contributed by atoms with Gasteiger partial charge in [0.15, 0.2) is 0 Å². The molecular formula is C17H18Cl4N2O3. The molecule has 142 valence electrons. The van der Waals surface area contributed by atoms with Crippen LogP contribution in [0.25, 0.3) is 11.1 Å². The van der Waals surface area contributed by atoms with Gasteiger partial charge in [-0.25, -0.2) is 4.79 Å². The van der Waals surface area contributed by atoms with Gasteiger partial charge < -0.3 is 19.8 Å². The zero-order chi connectivity index (χ0) is 18.2. The van der Waals surface area contributed by atoms with Crippen molar-refractivity contribution in [2.75, 3.05) is 26.8 Å². The van der Waals surface area contributed by atoms with E-state index in [0.717, 1.165) is 0 Å². The minimum atomic E-state index is -0.619. The summed E-state index contributed by atoms with van der Waals surface area (Å²) in [7, 11) is 1.61. The Hall–Kier alpha value is -0.950. The first-order valence-electron chi connectivity index (χ1n) is 7.73. The van der Waals surface area contributed by atoms with Crippen molar-refractivity contribution < 1.29 is 14.3 Å². The van der Waals surface area contributed by atoms with E-state index >= 15 is 0 Å². The standard InChI is InChI=1S/C17H17Cl3N2O3.ClH/c1-3-25-16(23)14-10(13-11(19)4-9(18)5-12(13)20)6-22-15(14)17(24-2)7-21-8-17;/h4-6,21-22H,3,7-8H2,1-2H3;1H. The molecule has 0 radical (unpaired) electrons. The van der Waals surface area contributed by atoms with Gasteiger partial charge in [-0.1, -0.05) is 34.8 Å². The second-order valence-corrected chi connectivity index (χ2v) is 6.97. The van der Waals surface area contributed by atoms with E-state index in [9.17, 15) is 4.79 Å². The van der Waals surface area contributed by atoms with E-state index in [0.29, 0.717) is 50.5 Å². The SMILES string of the molecule is CCOC(=O)c1c(-c2c(Cl)cc(Cl)cc2Cl)c[nH]c1C1(OC)CNC1.Cl. The number of methoxy groups -OCH3 is 1. The number of rotatable bonds is 5. The smallest absolute Gasteiger partial charge is 0.340 e. The van der Waals surface area contributed by atoms with Crippen molar-refractivity contribution in [3.8, 4) is 11.1 Å². The molecule has 3 rings (SSSR count). The van der Waals surface area contributed by atoms with Crippen LogP contribution in [0, 0.1) is 0 Å². The highest BCUT2D eigenvalue weighted by Crippen LogP contribution is 2.42. The number of halogens is 4. The summed E-state index contributed by atoms with van der Waals surface area (Å²) in [5, 5.41) is 4.29. The topological polar surface area (TPSA) is 63.4 Å². The molecule has 2 aromatic rings. The summed E-state index contributed by atoms with van der Waals surface area (Å²) in [5.41, 5.74) is 1.48. The molecule has 1 aliphatic rings. The lowest BCUT2D eigenvalue weighted by Crippen LogP contribution is -2.58. The summed E-state index contributed by atoms with van der Waals surface area (Å²) in [6.07, 6.45) is 1.70. The monoisotopic (exact) mass is 438 g/mol. The van der Waals surface area contributed by atoms with Crippen LogP contribution in [0.2, 0.25) is 15.1 Å². The molecule has 9 heteroatoms. The molecule has 0 atom stereocenters.